The Kier molecular flexibility index (Phi) is 6.75. The van der Waals surface area contributed by atoms with E-state index in [1.165, 1.54) is 31.2 Å². The molecule has 202 valence electrons. The number of rotatable bonds is 6. The number of benzene rings is 1. The molecular formula is C31H46N4O2. The van der Waals surface area contributed by atoms with Crippen molar-refractivity contribution in [3.63, 3.8) is 0 Å². The molecule has 6 heteroatoms. The lowest BCUT2D eigenvalue weighted by molar-refractivity contribution is -0.134. The number of likely N-dealkylation sites (N-methyl/N-ethyl adjacent to an activating group) is 1. The van der Waals surface area contributed by atoms with Gasteiger partial charge in [0.25, 0.3) is 0 Å². The number of piperidine rings is 1. The van der Waals surface area contributed by atoms with Crippen molar-refractivity contribution in [2.75, 3.05) is 32.7 Å². The van der Waals surface area contributed by atoms with Crippen LogP contribution >= 0.6 is 0 Å². The van der Waals surface area contributed by atoms with Gasteiger partial charge in [0.1, 0.15) is 0 Å². The average Bonchev–Trinajstić information content (AvgIpc) is 3.66. The summed E-state index contributed by atoms with van der Waals surface area (Å²) in [4.78, 5) is 36.0. The van der Waals surface area contributed by atoms with Gasteiger partial charge in [0.2, 0.25) is 5.91 Å². The zero-order chi connectivity index (χ0) is 25.7. The highest BCUT2D eigenvalue weighted by Gasteiger charge is 2.58. The molecule has 1 aliphatic carbocycles. The first-order valence-corrected chi connectivity index (χ1v) is 15.1. The molecule has 6 nitrogen and oxygen atoms in total. The summed E-state index contributed by atoms with van der Waals surface area (Å²) in [5, 5.41) is 0. The molecule has 4 heterocycles. The van der Waals surface area contributed by atoms with Gasteiger partial charge in [-0.1, -0.05) is 43.2 Å². The van der Waals surface area contributed by atoms with Crippen molar-refractivity contribution < 1.29 is 9.59 Å². The van der Waals surface area contributed by atoms with Crippen molar-refractivity contribution in [2.45, 2.75) is 102 Å². The minimum absolute atomic E-state index is 0.0113. The highest BCUT2D eigenvalue weighted by molar-refractivity contribution is 5.80. The Bertz CT molecular complexity index is 976. The van der Waals surface area contributed by atoms with Crippen LogP contribution in [-0.4, -0.2) is 87.9 Å². The topological polar surface area (TPSA) is 47.1 Å². The molecule has 0 radical (unpaired) electrons. The van der Waals surface area contributed by atoms with E-state index >= 15 is 0 Å². The summed E-state index contributed by atoms with van der Waals surface area (Å²) in [6.45, 7) is 11.0. The first-order valence-electron chi connectivity index (χ1n) is 15.1. The smallest absolute Gasteiger partial charge is 0.320 e. The van der Waals surface area contributed by atoms with E-state index in [2.05, 4.69) is 70.7 Å². The number of amides is 3. The standard InChI is InChI=1S/C31H46N4O2/c1-4-32-21-31(35(22(2)3)30(32)37)16-26-14-15-27(17-31)34(26)19-25-18-33(29(36)24-12-8-9-13-24)20-28(25)23-10-6-5-7-11-23/h5-7,10-11,22,24-28H,4,8-9,12-21H2,1-3H3/t25-,26?,27?,28-,31?/m1/s1. The molecule has 37 heavy (non-hydrogen) atoms. The van der Waals surface area contributed by atoms with Crippen LogP contribution in [0, 0.1) is 11.8 Å². The molecule has 2 unspecified atom stereocenters. The van der Waals surface area contributed by atoms with Crippen LogP contribution in [0.15, 0.2) is 30.3 Å². The summed E-state index contributed by atoms with van der Waals surface area (Å²) in [5.41, 5.74) is 1.38. The third-order valence-electron chi connectivity index (χ3n) is 10.5. The van der Waals surface area contributed by atoms with Crippen LogP contribution < -0.4 is 0 Å². The third kappa shape index (κ3) is 4.37. The summed E-state index contributed by atoms with van der Waals surface area (Å²) < 4.78 is 0. The number of hydrogen-bond acceptors (Lipinski definition) is 3. The Balaban J connectivity index is 1.21. The van der Waals surface area contributed by atoms with E-state index in [1.54, 1.807) is 0 Å². The molecular weight excluding hydrogens is 460 g/mol. The number of hydrogen-bond donors (Lipinski definition) is 0. The van der Waals surface area contributed by atoms with E-state index in [0.29, 0.717) is 29.8 Å². The Morgan fingerprint density at radius 1 is 1.00 bits per heavy atom. The van der Waals surface area contributed by atoms with Crippen LogP contribution in [0.2, 0.25) is 0 Å². The first kappa shape index (κ1) is 25.2. The third-order valence-corrected chi connectivity index (χ3v) is 10.5. The van der Waals surface area contributed by atoms with Crippen LogP contribution in [0.4, 0.5) is 4.79 Å². The zero-order valence-electron chi connectivity index (χ0n) is 23.1. The summed E-state index contributed by atoms with van der Waals surface area (Å²) in [6, 6.07) is 12.5. The molecule has 0 aromatic heterocycles. The van der Waals surface area contributed by atoms with E-state index < -0.39 is 0 Å². The van der Waals surface area contributed by atoms with Crippen molar-refractivity contribution in [2.24, 2.45) is 11.8 Å². The van der Waals surface area contributed by atoms with Gasteiger partial charge in [-0.15, -0.1) is 0 Å². The Morgan fingerprint density at radius 2 is 1.68 bits per heavy atom. The summed E-state index contributed by atoms with van der Waals surface area (Å²) in [5.74, 6) is 1.56. The van der Waals surface area contributed by atoms with Crippen molar-refractivity contribution in [1.82, 2.24) is 19.6 Å². The van der Waals surface area contributed by atoms with Crippen molar-refractivity contribution >= 4 is 11.9 Å². The van der Waals surface area contributed by atoms with Gasteiger partial charge in [-0.05, 0) is 70.8 Å². The Hall–Kier alpha value is -2.08. The molecule has 5 fully saturated rings. The lowest BCUT2D eigenvalue weighted by Gasteiger charge is -2.50. The monoisotopic (exact) mass is 506 g/mol. The normalized spacial score (nSPS) is 34.6. The minimum atomic E-state index is -0.0113. The summed E-state index contributed by atoms with van der Waals surface area (Å²) >= 11 is 0. The predicted molar refractivity (Wildman–Crippen MR) is 146 cm³/mol. The number of carbonyl (C=O) groups excluding carboxylic acids is 2. The van der Waals surface area contributed by atoms with Crippen LogP contribution in [0.25, 0.3) is 0 Å². The lowest BCUT2D eigenvalue weighted by Crippen LogP contribution is -2.60. The number of nitrogens with zero attached hydrogens (tertiary/aromatic N) is 4. The van der Waals surface area contributed by atoms with E-state index in [9.17, 15) is 9.59 Å². The molecule has 3 amide bonds. The molecule has 2 bridgehead atoms. The van der Waals surface area contributed by atoms with Gasteiger partial charge in [0, 0.05) is 62.7 Å². The van der Waals surface area contributed by atoms with Gasteiger partial charge in [-0.25, -0.2) is 4.79 Å². The largest absolute Gasteiger partial charge is 0.341 e. The maximum atomic E-state index is 13.4. The van der Waals surface area contributed by atoms with Gasteiger partial charge in [-0.3, -0.25) is 9.69 Å². The molecule has 4 atom stereocenters. The van der Waals surface area contributed by atoms with Crippen molar-refractivity contribution in [3.05, 3.63) is 35.9 Å². The quantitative estimate of drug-likeness (QED) is 0.549. The highest BCUT2D eigenvalue weighted by atomic mass is 16.2. The van der Waals surface area contributed by atoms with E-state index in [0.717, 1.165) is 58.4 Å². The Morgan fingerprint density at radius 3 is 2.30 bits per heavy atom. The maximum Gasteiger partial charge on any atom is 0.320 e. The fourth-order valence-corrected chi connectivity index (χ4v) is 8.92. The number of carbonyl (C=O) groups is 2. The second-order valence-corrected chi connectivity index (χ2v) is 13.0. The molecule has 6 rings (SSSR count). The number of urea groups is 1. The molecule has 0 N–H and O–H groups in total. The minimum Gasteiger partial charge on any atom is -0.341 e. The lowest BCUT2D eigenvalue weighted by atomic mass is 9.80. The number of likely N-dealkylation sites (tertiary alicyclic amines) is 1. The summed E-state index contributed by atoms with van der Waals surface area (Å²) in [7, 11) is 0. The molecule has 5 aliphatic rings. The zero-order valence-corrected chi connectivity index (χ0v) is 23.1. The van der Waals surface area contributed by atoms with E-state index in [4.69, 9.17) is 0 Å². The van der Waals surface area contributed by atoms with E-state index in [1.807, 2.05) is 0 Å². The molecule has 4 aliphatic heterocycles. The van der Waals surface area contributed by atoms with Crippen LogP contribution in [0.3, 0.4) is 0 Å². The molecule has 1 saturated carbocycles. The van der Waals surface area contributed by atoms with Gasteiger partial charge in [0.15, 0.2) is 0 Å². The first-order chi connectivity index (χ1) is 17.9. The molecule has 1 spiro atoms. The molecule has 1 aromatic carbocycles. The maximum absolute atomic E-state index is 13.4. The van der Waals surface area contributed by atoms with Gasteiger partial charge in [0.05, 0.1) is 5.54 Å². The fraction of sp³-hybridized carbons (Fsp3) is 0.742. The highest BCUT2D eigenvalue weighted by Crippen LogP contribution is 2.48. The van der Waals surface area contributed by atoms with Crippen LogP contribution in [0.5, 0.6) is 0 Å². The van der Waals surface area contributed by atoms with Crippen molar-refractivity contribution in [3.8, 4) is 0 Å². The second-order valence-electron chi connectivity index (χ2n) is 13.0. The fourth-order valence-electron chi connectivity index (χ4n) is 8.92. The number of fused-ring (bicyclic) bond motifs is 2. The van der Waals surface area contributed by atoms with E-state index in [-0.39, 0.29) is 23.5 Å². The van der Waals surface area contributed by atoms with Crippen molar-refractivity contribution in [1.29, 1.82) is 0 Å². The van der Waals surface area contributed by atoms with Crippen LogP contribution in [0.1, 0.15) is 83.6 Å². The van der Waals surface area contributed by atoms with Gasteiger partial charge in [-0.2, -0.15) is 0 Å². The summed E-state index contributed by atoms with van der Waals surface area (Å²) in [6.07, 6.45) is 9.25. The average molecular weight is 507 g/mol. The molecule has 1 aromatic rings. The van der Waals surface area contributed by atoms with Crippen LogP contribution in [-0.2, 0) is 4.79 Å². The van der Waals surface area contributed by atoms with Gasteiger partial charge >= 0.3 is 6.03 Å². The second kappa shape index (κ2) is 9.91. The predicted octanol–water partition coefficient (Wildman–Crippen LogP) is 4.95. The SMILES string of the molecule is CCN1CC2(CC3CCC(C2)N3C[C@H]2CN(C(=O)C3CCCC3)C[C@@H]2c2ccccc2)N(C(C)C)C1=O. The molecule has 4 saturated heterocycles. The Labute approximate surface area is 223 Å². The van der Waals surface area contributed by atoms with Gasteiger partial charge < -0.3 is 14.7 Å².